The molecule has 0 radical (unpaired) electrons. The highest BCUT2D eigenvalue weighted by molar-refractivity contribution is 5.75. The number of aliphatic hydroxyl groups excluding tert-OH is 1. The molecule has 0 aromatic carbocycles. The normalized spacial score (nSPS) is 11.6. The summed E-state index contributed by atoms with van der Waals surface area (Å²) in [6.07, 6.45) is 7.58. The lowest BCUT2D eigenvalue weighted by Gasteiger charge is -2.28. The maximum atomic E-state index is 11.6. The molecule has 4 heteroatoms. The van der Waals surface area contributed by atoms with Crippen molar-refractivity contribution in [2.75, 3.05) is 40.3 Å². The Bertz CT molecular complexity index is 230. The fourth-order valence-electron chi connectivity index (χ4n) is 2.09. The Kier molecular flexibility index (Phi) is 10.9. The van der Waals surface area contributed by atoms with Crippen molar-refractivity contribution in [3.05, 3.63) is 0 Å². The zero-order valence-corrected chi connectivity index (χ0v) is 13.1. The summed E-state index contributed by atoms with van der Waals surface area (Å²) in [7, 11) is 4.21. The number of unbranched alkanes of at least 4 members (excludes halogenated alkanes) is 4. The molecule has 0 fully saturated rings. The number of carbonyl (C=O) groups excluding carboxylic acids is 1. The van der Waals surface area contributed by atoms with Crippen LogP contribution in [0.5, 0.6) is 0 Å². The number of hydrogen-bond donors (Lipinski definition) is 2. The molecule has 0 unspecified atom stereocenters. The zero-order valence-electron chi connectivity index (χ0n) is 13.1. The number of nitrogens with zero attached hydrogens (tertiary/aromatic N) is 1. The SMILES string of the molecule is CCCCCCCC(=O)NCCC[N+](C)(C)CCO. The zero-order chi connectivity index (χ0) is 14.6. The first-order chi connectivity index (χ1) is 9.02. The molecule has 0 aromatic heterocycles. The molecule has 0 saturated heterocycles. The van der Waals surface area contributed by atoms with Crippen molar-refractivity contribution in [1.82, 2.24) is 5.32 Å². The van der Waals surface area contributed by atoms with Crippen LogP contribution >= 0.6 is 0 Å². The minimum Gasteiger partial charge on any atom is -0.391 e. The molecular weight excluding hydrogens is 240 g/mol. The van der Waals surface area contributed by atoms with Crippen molar-refractivity contribution in [2.24, 2.45) is 0 Å². The number of carbonyl (C=O) groups is 1. The second-order valence-corrected chi connectivity index (χ2v) is 5.97. The standard InChI is InChI=1S/C15H32N2O2/c1-4-5-6-7-8-10-15(19)16-11-9-12-17(2,3)13-14-18/h18H,4-14H2,1-3H3/p+1. The highest BCUT2D eigenvalue weighted by Crippen LogP contribution is 2.04. The Labute approximate surface area is 118 Å². The van der Waals surface area contributed by atoms with E-state index < -0.39 is 0 Å². The van der Waals surface area contributed by atoms with Gasteiger partial charge in [0, 0.05) is 19.4 Å². The van der Waals surface area contributed by atoms with E-state index in [0.717, 1.165) is 37.0 Å². The predicted octanol–water partition coefficient (Wildman–Crippen LogP) is 1.92. The lowest BCUT2D eigenvalue weighted by molar-refractivity contribution is -0.890. The number of amides is 1. The van der Waals surface area contributed by atoms with Crippen LogP contribution in [0.25, 0.3) is 0 Å². The summed E-state index contributed by atoms with van der Waals surface area (Å²) in [6, 6.07) is 0. The molecule has 0 heterocycles. The molecule has 0 bridgehead atoms. The fraction of sp³-hybridized carbons (Fsp3) is 0.933. The van der Waals surface area contributed by atoms with Gasteiger partial charge in [0.1, 0.15) is 6.54 Å². The van der Waals surface area contributed by atoms with Crippen molar-refractivity contribution >= 4 is 5.91 Å². The fourth-order valence-corrected chi connectivity index (χ4v) is 2.09. The molecule has 1 amide bonds. The average molecular weight is 273 g/mol. The Morgan fingerprint density at radius 2 is 1.74 bits per heavy atom. The Balaban J connectivity index is 3.43. The maximum absolute atomic E-state index is 11.6. The summed E-state index contributed by atoms with van der Waals surface area (Å²) in [4.78, 5) is 11.6. The number of nitrogens with one attached hydrogen (secondary N) is 1. The highest BCUT2D eigenvalue weighted by atomic mass is 16.3. The molecular formula is C15H33N2O2+. The Morgan fingerprint density at radius 1 is 1.05 bits per heavy atom. The van der Waals surface area contributed by atoms with Gasteiger partial charge in [0.05, 0.1) is 27.2 Å². The topological polar surface area (TPSA) is 49.3 Å². The second kappa shape index (κ2) is 11.2. The van der Waals surface area contributed by atoms with Crippen molar-refractivity contribution in [3.63, 3.8) is 0 Å². The number of rotatable bonds is 12. The van der Waals surface area contributed by atoms with Gasteiger partial charge in [-0.3, -0.25) is 4.79 Å². The van der Waals surface area contributed by atoms with Crippen LogP contribution in [0.4, 0.5) is 0 Å². The van der Waals surface area contributed by atoms with Crippen LogP contribution in [0.1, 0.15) is 51.9 Å². The molecule has 0 aliphatic heterocycles. The first kappa shape index (κ1) is 18.4. The monoisotopic (exact) mass is 273 g/mol. The van der Waals surface area contributed by atoms with Crippen LogP contribution in [-0.2, 0) is 4.79 Å². The minimum absolute atomic E-state index is 0.184. The van der Waals surface area contributed by atoms with Crippen molar-refractivity contribution in [1.29, 1.82) is 0 Å². The first-order valence-electron chi connectivity index (χ1n) is 7.71. The highest BCUT2D eigenvalue weighted by Gasteiger charge is 2.13. The van der Waals surface area contributed by atoms with Crippen LogP contribution in [0.3, 0.4) is 0 Å². The number of likely N-dealkylation sites (N-methyl/N-ethyl adjacent to an activating group) is 1. The average Bonchev–Trinajstić information content (AvgIpc) is 2.34. The number of aliphatic hydroxyl groups is 1. The van der Waals surface area contributed by atoms with Gasteiger partial charge in [-0.25, -0.2) is 0 Å². The summed E-state index contributed by atoms with van der Waals surface area (Å²) in [5, 5.41) is 11.9. The lowest BCUT2D eigenvalue weighted by atomic mass is 10.1. The summed E-state index contributed by atoms with van der Waals surface area (Å²) < 4.78 is 0.809. The van der Waals surface area contributed by atoms with Gasteiger partial charge < -0.3 is 14.9 Å². The van der Waals surface area contributed by atoms with Crippen molar-refractivity contribution in [3.8, 4) is 0 Å². The van der Waals surface area contributed by atoms with E-state index in [9.17, 15) is 4.79 Å². The third-order valence-electron chi connectivity index (χ3n) is 3.48. The molecule has 19 heavy (non-hydrogen) atoms. The first-order valence-corrected chi connectivity index (χ1v) is 7.71. The van der Waals surface area contributed by atoms with Gasteiger partial charge >= 0.3 is 0 Å². The largest absolute Gasteiger partial charge is 0.391 e. The Morgan fingerprint density at radius 3 is 2.37 bits per heavy atom. The van der Waals surface area contributed by atoms with Crippen molar-refractivity contribution in [2.45, 2.75) is 51.9 Å². The van der Waals surface area contributed by atoms with Gasteiger partial charge in [-0.1, -0.05) is 32.6 Å². The van der Waals surface area contributed by atoms with Crippen molar-refractivity contribution < 1.29 is 14.4 Å². The molecule has 4 nitrogen and oxygen atoms in total. The molecule has 114 valence electrons. The smallest absolute Gasteiger partial charge is 0.219 e. The van der Waals surface area contributed by atoms with E-state index in [4.69, 9.17) is 5.11 Å². The van der Waals surface area contributed by atoms with Crippen LogP contribution in [0.2, 0.25) is 0 Å². The van der Waals surface area contributed by atoms with E-state index in [1.54, 1.807) is 0 Å². The van der Waals surface area contributed by atoms with E-state index in [1.165, 1.54) is 25.7 Å². The van der Waals surface area contributed by atoms with Gasteiger partial charge in [0.2, 0.25) is 5.91 Å². The van der Waals surface area contributed by atoms with E-state index in [0.29, 0.717) is 6.42 Å². The predicted molar refractivity (Wildman–Crippen MR) is 79.9 cm³/mol. The molecule has 0 saturated carbocycles. The van der Waals surface area contributed by atoms with Crippen LogP contribution in [-0.4, -0.2) is 55.8 Å². The van der Waals surface area contributed by atoms with E-state index in [1.807, 2.05) is 0 Å². The molecule has 2 N–H and O–H groups in total. The molecule has 0 rings (SSSR count). The number of quaternary nitrogens is 1. The van der Waals surface area contributed by atoms with E-state index in [-0.39, 0.29) is 12.5 Å². The second-order valence-electron chi connectivity index (χ2n) is 5.97. The van der Waals surface area contributed by atoms with Crippen LogP contribution in [0, 0.1) is 0 Å². The van der Waals surface area contributed by atoms with Gasteiger partial charge in [-0.15, -0.1) is 0 Å². The Hall–Kier alpha value is -0.610. The van der Waals surface area contributed by atoms with Gasteiger partial charge in [-0.2, -0.15) is 0 Å². The lowest BCUT2D eigenvalue weighted by Crippen LogP contribution is -2.43. The van der Waals surface area contributed by atoms with Gasteiger partial charge in [0.15, 0.2) is 0 Å². The van der Waals surface area contributed by atoms with Gasteiger partial charge in [-0.05, 0) is 6.42 Å². The molecule has 0 aromatic rings. The molecule has 0 aliphatic carbocycles. The van der Waals surface area contributed by atoms with Gasteiger partial charge in [0.25, 0.3) is 0 Å². The quantitative estimate of drug-likeness (QED) is 0.421. The van der Waals surface area contributed by atoms with Crippen LogP contribution in [0.15, 0.2) is 0 Å². The van der Waals surface area contributed by atoms with Crippen LogP contribution < -0.4 is 5.32 Å². The summed E-state index contributed by atoms with van der Waals surface area (Å²) in [5.41, 5.74) is 0. The minimum atomic E-state index is 0.184. The summed E-state index contributed by atoms with van der Waals surface area (Å²) in [6.45, 7) is 4.92. The maximum Gasteiger partial charge on any atom is 0.219 e. The summed E-state index contributed by atoms with van der Waals surface area (Å²) >= 11 is 0. The summed E-state index contributed by atoms with van der Waals surface area (Å²) in [5.74, 6) is 0.184. The third kappa shape index (κ3) is 12.2. The molecule has 0 aliphatic rings. The van der Waals surface area contributed by atoms with E-state index in [2.05, 4.69) is 26.3 Å². The molecule has 0 atom stereocenters. The number of hydrogen-bond acceptors (Lipinski definition) is 2. The molecule has 0 spiro atoms. The van der Waals surface area contributed by atoms with E-state index >= 15 is 0 Å². The third-order valence-corrected chi connectivity index (χ3v) is 3.48.